The predicted molar refractivity (Wildman–Crippen MR) is 124 cm³/mol. The molecule has 2 aliphatic heterocycles. The molecule has 0 spiro atoms. The summed E-state index contributed by atoms with van der Waals surface area (Å²) in [5, 5.41) is 13.2. The Kier molecular flexibility index (Phi) is 6.04. The zero-order chi connectivity index (χ0) is 24.5. The fourth-order valence-corrected chi connectivity index (χ4v) is 4.67. The van der Waals surface area contributed by atoms with Gasteiger partial charge in [0.25, 0.3) is 11.8 Å². The number of nitrogens with one attached hydrogen (secondary N) is 1. The van der Waals surface area contributed by atoms with Gasteiger partial charge in [-0.15, -0.1) is 0 Å². The molecule has 10 heteroatoms. The number of halogens is 1. The number of hydrogen-bond donors (Lipinski definition) is 2. The van der Waals surface area contributed by atoms with Crippen molar-refractivity contribution in [3.05, 3.63) is 93.4 Å². The van der Waals surface area contributed by atoms with E-state index in [1.165, 1.54) is 35.0 Å². The lowest BCUT2D eigenvalue weighted by Crippen LogP contribution is -2.60. The molecule has 2 amide bonds. The average molecular weight is 477 g/mol. The van der Waals surface area contributed by atoms with Crippen molar-refractivity contribution >= 4 is 11.8 Å². The summed E-state index contributed by atoms with van der Waals surface area (Å²) in [5.41, 5.74) is 0.398. The van der Waals surface area contributed by atoms with Crippen molar-refractivity contribution in [1.29, 1.82) is 0 Å². The molecule has 1 fully saturated rings. The number of aromatic hydroxyl groups is 1. The van der Waals surface area contributed by atoms with E-state index in [1.807, 2.05) is 12.1 Å². The van der Waals surface area contributed by atoms with Gasteiger partial charge in [0.15, 0.2) is 11.4 Å². The quantitative estimate of drug-likeness (QED) is 0.579. The molecular formula is C25H24FN5O4. The lowest BCUT2D eigenvalue weighted by Gasteiger charge is -2.47. The maximum absolute atomic E-state index is 13.3. The second kappa shape index (κ2) is 9.30. The predicted octanol–water partition coefficient (Wildman–Crippen LogP) is 1.71. The standard InChI is InChI=1S/C25H24FN5O4/c26-18-6-4-16(5-7-18)12-28-24(34)19-14-30-15-20-29(13-17-3-1-8-27-11-17)9-2-10-31(20)25(35)21(30)23(33)22(19)32/h1,3-8,11,14,20,33H,2,9-10,12-13,15H2,(H,28,34). The second-order valence-electron chi connectivity index (χ2n) is 8.70. The summed E-state index contributed by atoms with van der Waals surface area (Å²) in [6, 6.07) is 9.44. The maximum Gasteiger partial charge on any atom is 0.275 e. The van der Waals surface area contributed by atoms with Crippen LogP contribution in [0.2, 0.25) is 0 Å². The molecule has 0 aliphatic carbocycles. The number of fused-ring (bicyclic) bond motifs is 2. The minimum absolute atomic E-state index is 0.0787. The van der Waals surface area contributed by atoms with E-state index in [0.717, 1.165) is 18.5 Å². The third-order valence-corrected chi connectivity index (χ3v) is 6.42. The molecule has 1 aromatic carbocycles. The van der Waals surface area contributed by atoms with Gasteiger partial charge in [0.1, 0.15) is 17.5 Å². The number of amides is 2. The lowest BCUT2D eigenvalue weighted by molar-refractivity contribution is -0.0140. The Morgan fingerprint density at radius 3 is 2.69 bits per heavy atom. The number of pyridine rings is 2. The highest BCUT2D eigenvalue weighted by Crippen LogP contribution is 2.28. The van der Waals surface area contributed by atoms with E-state index in [9.17, 15) is 23.9 Å². The second-order valence-corrected chi connectivity index (χ2v) is 8.70. The van der Waals surface area contributed by atoms with Crippen molar-refractivity contribution in [2.75, 3.05) is 13.1 Å². The Balaban J connectivity index is 1.41. The first kappa shape index (κ1) is 22.7. The molecule has 0 radical (unpaired) electrons. The molecule has 2 aromatic heterocycles. The van der Waals surface area contributed by atoms with Crippen LogP contribution in [0.15, 0.2) is 59.8 Å². The third-order valence-electron chi connectivity index (χ3n) is 6.42. The number of benzene rings is 1. The fraction of sp³-hybridized carbons (Fsp3) is 0.280. The number of carbonyl (C=O) groups excluding carboxylic acids is 2. The topological polar surface area (TPSA) is 108 Å². The molecule has 1 unspecified atom stereocenters. The first-order valence-corrected chi connectivity index (χ1v) is 11.4. The first-order chi connectivity index (χ1) is 16.9. The molecular weight excluding hydrogens is 453 g/mol. The molecule has 5 rings (SSSR count). The van der Waals surface area contributed by atoms with Crippen molar-refractivity contribution in [3.8, 4) is 5.75 Å². The monoisotopic (exact) mass is 477 g/mol. The van der Waals surface area contributed by atoms with Gasteiger partial charge in [0, 0.05) is 44.8 Å². The van der Waals surface area contributed by atoms with Crippen LogP contribution in [0.1, 0.15) is 38.4 Å². The van der Waals surface area contributed by atoms with Gasteiger partial charge in [-0.25, -0.2) is 4.39 Å². The Morgan fingerprint density at radius 2 is 1.94 bits per heavy atom. The van der Waals surface area contributed by atoms with Crippen LogP contribution in [0.5, 0.6) is 5.75 Å². The van der Waals surface area contributed by atoms with E-state index in [4.69, 9.17) is 0 Å². The van der Waals surface area contributed by atoms with Crippen LogP contribution in [0.25, 0.3) is 0 Å². The normalized spacial score (nSPS) is 17.6. The Morgan fingerprint density at radius 1 is 1.14 bits per heavy atom. The van der Waals surface area contributed by atoms with Gasteiger partial charge in [-0.2, -0.15) is 0 Å². The van der Waals surface area contributed by atoms with Crippen molar-refractivity contribution in [3.63, 3.8) is 0 Å². The largest absolute Gasteiger partial charge is 0.503 e. The number of rotatable bonds is 5. The van der Waals surface area contributed by atoms with E-state index in [2.05, 4.69) is 15.2 Å². The zero-order valence-electron chi connectivity index (χ0n) is 18.9. The molecule has 4 heterocycles. The minimum Gasteiger partial charge on any atom is -0.503 e. The summed E-state index contributed by atoms with van der Waals surface area (Å²) >= 11 is 0. The molecule has 35 heavy (non-hydrogen) atoms. The molecule has 2 aliphatic rings. The number of hydrogen-bond acceptors (Lipinski definition) is 6. The van der Waals surface area contributed by atoms with Gasteiger partial charge in [-0.3, -0.25) is 24.3 Å². The smallest absolute Gasteiger partial charge is 0.275 e. The summed E-state index contributed by atoms with van der Waals surface area (Å²) in [5.74, 6) is -2.25. The maximum atomic E-state index is 13.3. The van der Waals surface area contributed by atoms with Crippen LogP contribution in [-0.2, 0) is 19.6 Å². The average Bonchev–Trinajstić information content (AvgIpc) is 2.87. The molecule has 1 saturated heterocycles. The van der Waals surface area contributed by atoms with Crippen LogP contribution < -0.4 is 10.7 Å². The van der Waals surface area contributed by atoms with Gasteiger partial charge >= 0.3 is 0 Å². The molecule has 180 valence electrons. The van der Waals surface area contributed by atoms with Crippen molar-refractivity contribution in [1.82, 2.24) is 24.7 Å². The third kappa shape index (κ3) is 4.40. The van der Waals surface area contributed by atoms with Gasteiger partial charge in [-0.05, 0) is 35.7 Å². The first-order valence-electron chi connectivity index (χ1n) is 11.4. The molecule has 3 aromatic rings. The molecule has 2 N–H and O–H groups in total. The Bertz CT molecular complexity index is 1330. The Hall–Kier alpha value is -4.05. The van der Waals surface area contributed by atoms with E-state index < -0.39 is 28.8 Å². The summed E-state index contributed by atoms with van der Waals surface area (Å²) in [6.45, 7) is 2.26. The fourth-order valence-electron chi connectivity index (χ4n) is 4.67. The zero-order valence-corrected chi connectivity index (χ0v) is 18.9. The van der Waals surface area contributed by atoms with Crippen molar-refractivity contribution < 1.29 is 19.1 Å². The van der Waals surface area contributed by atoms with Crippen LogP contribution >= 0.6 is 0 Å². The molecule has 0 bridgehead atoms. The van der Waals surface area contributed by atoms with Crippen molar-refractivity contribution in [2.45, 2.75) is 32.2 Å². The molecule has 0 saturated carbocycles. The van der Waals surface area contributed by atoms with Crippen LogP contribution in [0.4, 0.5) is 4.39 Å². The van der Waals surface area contributed by atoms with Crippen LogP contribution in [-0.4, -0.2) is 55.5 Å². The number of nitrogens with zero attached hydrogens (tertiary/aromatic N) is 4. The summed E-state index contributed by atoms with van der Waals surface area (Å²) in [4.78, 5) is 46.8. The SMILES string of the molecule is O=C(NCc1ccc(F)cc1)c1cn2c(c(O)c1=O)C(=O)N1CCCN(Cc3cccnc3)C1C2. The number of aromatic nitrogens is 2. The van der Waals surface area contributed by atoms with E-state index in [-0.39, 0.29) is 24.0 Å². The number of carbonyl (C=O) groups is 2. The minimum atomic E-state index is -0.899. The highest BCUT2D eigenvalue weighted by Gasteiger charge is 2.40. The summed E-state index contributed by atoms with van der Waals surface area (Å²) in [6.07, 6.45) is 5.29. The van der Waals surface area contributed by atoms with E-state index >= 15 is 0 Å². The van der Waals surface area contributed by atoms with Crippen molar-refractivity contribution in [2.24, 2.45) is 0 Å². The van der Waals surface area contributed by atoms with Crippen LogP contribution in [0.3, 0.4) is 0 Å². The summed E-state index contributed by atoms with van der Waals surface area (Å²) < 4.78 is 14.6. The van der Waals surface area contributed by atoms with E-state index in [1.54, 1.807) is 17.3 Å². The van der Waals surface area contributed by atoms with E-state index in [0.29, 0.717) is 25.2 Å². The van der Waals surface area contributed by atoms with Gasteiger partial charge in [-0.1, -0.05) is 18.2 Å². The van der Waals surface area contributed by atoms with Gasteiger partial charge in [0.05, 0.1) is 6.54 Å². The molecule has 1 atom stereocenters. The van der Waals surface area contributed by atoms with Crippen LogP contribution in [0, 0.1) is 5.82 Å². The lowest BCUT2D eigenvalue weighted by atomic mass is 10.1. The van der Waals surface area contributed by atoms with Gasteiger partial charge in [0.2, 0.25) is 5.43 Å². The summed E-state index contributed by atoms with van der Waals surface area (Å²) in [7, 11) is 0. The Labute approximate surface area is 200 Å². The highest BCUT2D eigenvalue weighted by molar-refractivity contribution is 5.99. The molecule has 9 nitrogen and oxygen atoms in total. The highest BCUT2D eigenvalue weighted by atomic mass is 19.1. The van der Waals surface area contributed by atoms with Gasteiger partial charge < -0.3 is 19.9 Å².